The van der Waals surface area contributed by atoms with Gasteiger partial charge >= 0.3 is 0 Å². The highest BCUT2D eigenvalue weighted by Crippen LogP contribution is 2.22. The van der Waals surface area contributed by atoms with Gasteiger partial charge in [-0.05, 0) is 41.8 Å². The van der Waals surface area contributed by atoms with Gasteiger partial charge in [-0.3, -0.25) is 0 Å². The highest BCUT2D eigenvalue weighted by molar-refractivity contribution is 5.64. The van der Waals surface area contributed by atoms with Gasteiger partial charge in [0.15, 0.2) is 0 Å². The molecule has 0 saturated carbocycles. The summed E-state index contributed by atoms with van der Waals surface area (Å²) in [6, 6.07) is 17.0. The second-order valence-electron chi connectivity index (χ2n) is 4.85. The minimum atomic E-state index is 0.776. The average molecular weight is 269 g/mol. The molecule has 2 aromatic carbocycles. The van der Waals surface area contributed by atoms with Crippen molar-refractivity contribution in [3.05, 3.63) is 54.1 Å². The van der Waals surface area contributed by atoms with Crippen molar-refractivity contribution >= 4 is 0 Å². The molecule has 0 amide bonds. The highest BCUT2D eigenvalue weighted by Gasteiger charge is 1.99. The Balaban J connectivity index is 2.03. The van der Waals surface area contributed by atoms with Crippen molar-refractivity contribution in [2.45, 2.75) is 26.8 Å². The van der Waals surface area contributed by atoms with Crippen LogP contribution in [0.2, 0.25) is 0 Å². The molecule has 0 spiro atoms. The molecular formula is C18H23NO. The summed E-state index contributed by atoms with van der Waals surface area (Å²) in [4.78, 5) is 0. The van der Waals surface area contributed by atoms with Crippen LogP contribution in [0.1, 0.15) is 25.8 Å². The smallest absolute Gasteiger partial charge is 0.119 e. The Morgan fingerprint density at radius 2 is 1.45 bits per heavy atom. The normalized spacial score (nSPS) is 10.5. The summed E-state index contributed by atoms with van der Waals surface area (Å²) in [5, 5.41) is 3.33. The number of nitrogens with one attached hydrogen (secondary N) is 1. The summed E-state index contributed by atoms with van der Waals surface area (Å²) in [5.41, 5.74) is 3.79. The predicted octanol–water partition coefficient (Wildman–Crippen LogP) is 4.25. The third kappa shape index (κ3) is 4.10. The number of rotatable bonds is 7. The van der Waals surface area contributed by atoms with Crippen LogP contribution in [0.15, 0.2) is 48.5 Å². The van der Waals surface area contributed by atoms with Crippen LogP contribution in [0.3, 0.4) is 0 Å². The van der Waals surface area contributed by atoms with E-state index in [-0.39, 0.29) is 0 Å². The molecule has 0 aliphatic rings. The zero-order chi connectivity index (χ0) is 14.2. The van der Waals surface area contributed by atoms with Crippen molar-refractivity contribution in [3.63, 3.8) is 0 Å². The molecule has 2 nitrogen and oxygen atoms in total. The Labute approximate surface area is 121 Å². The quantitative estimate of drug-likeness (QED) is 0.811. The average Bonchev–Trinajstić information content (AvgIpc) is 2.52. The lowest BCUT2D eigenvalue weighted by molar-refractivity contribution is 0.317. The first kappa shape index (κ1) is 14.6. The van der Waals surface area contributed by atoms with Crippen molar-refractivity contribution in [1.29, 1.82) is 0 Å². The first-order valence-electron chi connectivity index (χ1n) is 7.36. The SMILES string of the molecule is CCCOc1ccc(-c2ccc(CNCC)cc2)cc1. The van der Waals surface area contributed by atoms with Crippen molar-refractivity contribution in [1.82, 2.24) is 5.32 Å². The first-order chi connectivity index (χ1) is 9.83. The van der Waals surface area contributed by atoms with E-state index < -0.39 is 0 Å². The molecule has 0 aliphatic heterocycles. The van der Waals surface area contributed by atoms with E-state index in [1.165, 1.54) is 16.7 Å². The van der Waals surface area contributed by atoms with Crippen molar-refractivity contribution in [2.24, 2.45) is 0 Å². The van der Waals surface area contributed by atoms with Gasteiger partial charge in [-0.25, -0.2) is 0 Å². The van der Waals surface area contributed by atoms with Gasteiger partial charge in [-0.15, -0.1) is 0 Å². The van der Waals surface area contributed by atoms with Crippen molar-refractivity contribution in [2.75, 3.05) is 13.2 Å². The van der Waals surface area contributed by atoms with Gasteiger partial charge in [0.1, 0.15) is 5.75 Å². The summed E-state index contributed by atoms with van der Waals surface area (Å²) in [6.45, 7) is 6.94. The predicted molar refractivity (Wildman–Crippen MR) is 85.0 cm³/mol. The summed E-state index contributed by atoms with van der Waals surface area (Å²) >= 11 is 0. The summed E-state index contributed by atoms with van der Waals surface area (Å²) in [6.07, 6.45) is 1.04. The highest BCUT2D eigenvalue weighted by atomic mass is 16.5. The lowest BCUT2D eigenvalue weighted by Crippen LogP contribution is -2.11. The minimum Gasteiger partial charge on any atom is -0.494 e. The molecule has 0 bridgehead atoms. The second-order valence-corrected chi connectivity index (χ2v) is 4.85. The molecule has 2 rings (SSSR count). The van der Waals surface area contributed by atoms with Crippen LogP contribution in [0.5, 0.6) is 5.75 Å². The van der Waals surface area contributed by atoms with Crippen molar-refractivity contribution in [3.8, 4) is 16.9 Å². The Morgan fingerprint density at radius 3 is 2.00 bits per heavy atom. The third-order valence-corrected chi connectivity index (χ3v) is 3.19. The minimum absolute atomic E-state index is 0.776. The molecule has 0 aliphatic carbocycles. The number of hydrogen-bond donors (Lipinski definition) is 1. The van der Waals surface area contributed by atoms with Crippen LogP contribution in [0.4, 0.5) is 0 Å². The van der Waals surface area contributed by atoms with Crippen LogP contribution >= 0.6 is 0 Å². The Hall–Kier alpha value is -1.80. The molecule has 0 saturated heterocycles. The zero-order valence-corrected chi connectivity index (χ0v) is 12.4. The molecule has 0 aromatic heterocycles. The maximum Gasteiger partial charge on any atom is 0.119 e. The van der Waals surface area contributed by atoms with E-state index in [2.05, 4.69) is 55.6 Å². The fraction of sp³-hybridized carbons (Fsp3) is 0.333. The van der Waals surface area contributed by atoms with Gasteiger partial charge in [0.05, 0.1) is 6.61 Å². The monoisotopic (exact) mass is 269 g/mol. The van der Waals surface area contributed by atoms with E-state index in [0.717, 1.165) is 31.9 Å². The molecule has 106 valence electrons. The molecule has 2 aromatic rings. The first-order valence-corrected chi connectivity index (χ1v) is 7.36. The Morgan fingerprint density at radius 1 is 0.850 bits per heavy atom. The maximum atomic E-state index is 5.60. The molecule has 1 N–H and O–H groups in total. The third-order valence-electron chi connectivity index (χ3n) is 3.19. The van der Waals surface area contributed by atoms with Gasteiger partial charge in [0, 0.05) is 6.54 Å². The second kappa shape index (κ2) is 7.71. The van der Waals surface area contributed by atoms with E-state index in [1.54, 1.807) is 0 Å². The van der Waals surface area contributed by atoms with Gasteiger partial charge in [0.2, 0.25) is 0 Å². The van der Waals surface area contributed by atoms with Gasteiger partial charge in [-0.2, -0.15) is 0 Å². The Kier molecular flexibility index (Phi) is 5.63. The van der Waals surface area contributed by atoms with E-state index >= 15 is 0 Å². The van der Waals surface area contributed by atoms with Gasteiger partial charge in [-0.1, -0.05) is 50.2 Å². The molecule has 0 radical (unpaired) electrons. The van der Waals surface area contributed by atoms with E-state index in [9.17, 15) is 0 Å². The lowest BCUT2D eigenvalue weighted by Gasteiger charge is -2.07. The molecular weight excluding hydrogens is 246 g/mol. The van der Waals surface area contributed by atoms with Crippen molar-refractivity contribution < 1.29 is 4.74 Å². The Bertz CT molecular complexity index is 452. The lowest BCUT2D eigenvalue weighted by atomic mass is 10.0. The van der Waals surface area contributed by atoms with Gasteiger partial charge < -0.3 is 10.1 Å². The van der Waals surface area contributed by atoms with Crippen LogP contribution in [0.25, 0.3) is 11.1 Å². The molecule has 0 atom stereocenters. The van der Waals surface area contributed by atoms with Crippen LogP contribution < -0.4 is 10.1 Å². The molecule has 0 heterocycles. The summed E-state index contributed by atoms with van der Waals surface area (Å²) < 4.78 is 5.60. The fourth-order valence-corrected chi connectivity index (χ4v) is 2.05. The molecule has 0 unspecified atom stereocenters. The standard InChI is InChI=1S/C18H23NO/c1-3-13-20-18-11-9-17(10-12-18)16-7-5-15(6-8-16)14-19-4-2/h5-12,19H,3-4,13-14H2,1-2H3. The number of ether oxygens (including phenoxy) is 1. The summed E-state index contributed by atoms with van der Waals surface area (Å²) in [5.74, 6) is 0.944. The summed E-state index contributed by atoms with van der Waals surface area (Å²) in [7, 11) is 0. The van der Waals surface area contributed by atoms with Crippen LogP contribution in [-0.2, 0) is 6.54 Å². The number of benzene rings is 2. The van der Waals surface area contributed by atoms with Crippen LogP contribution in [-0.4, -0.2) is 13.2 Å². The fourth-order valence-electron chi connectivity index (χ4n) is 2.05. The van der Waals surface area contributed by atoms with Crippen LogP contribution in [0, 0.1) is 0 Å². The molecule has 2 heteroatoms. The zero-order valence-electron chi connectivity index (χ0n) is 12.4. The van der Waals surface area contributed by atoms with E-state index in [1.807, 2.05) is 12.1 Å². The molecule has 20 heavy (non-hydrogen) atoms. The van der Waals surface area contributed by atoms with Gasteiger partial charge in [0.25, 0.3) is 0 Å². The molecule has 0 fully saturated rings. The largest absolute Gasteiger partial charge is 0.494 e. The topological polar surface area (TPSA) is 21.3 Å². The maximum absolute atomic E-state index is 5.60. The van der Waals surface area contributed by atoms with E-state index in [4.69, 9.17) is 4.74 Å². The van der Waals surface area contributed by atoms with E-state index in [0.29, 0.717) is 0 Å². The number of hydrogen-bond acceptors (Lipinski definition) is 2.